The molecule has 0 amide bonds. The molecule has 1 aromatic carbocycles. The molecular formula is C13H12F3N3O2. The Labute approximate surface area is 117 Å². The Balaban J connectivity index is 2.52. The van der Waals surface area contributed by atoms with Gasteiger partial charge in [-0.05, 0) is 13.0 Å². The van der Waals surface area contributed by atoms with E-state index in [1.54, 1.807) is 24.3 Å². The van der Waals surface area contributed by atoms with E-state index in [0.717, 1.165) is 6.92 Å². The van der Waals surface area contributed by atoms with Gasteiger partial charge in [0, 0.05) is 17.0 Å². The summed E-state index contributed by atoms with van der Waals surface area (Å²) in [6.45, 7) is 0.875. The van der Waals surface area contributed by atoms with Gasteiger partial charge < -0.3 is 15.7 Å². The van der Waals surface area contributed by atoms with Crippen molar-refractivity contribution < 1.29 is 23.1 Å². The van der Waals surface area contributed by atoms with Gasteiger partial charge >= 0.3 is 6.18 Å². The molecule has 5 nitrogen and oxygen atoms in total. The molecule has 2 aromatic rings. The molecule has 0 spiro atoms. The predicted molar refractivity (Wildman–Crippen MR) is 70.4 cm³/mol. The summed E-state index contributed by atoms with van der Waals surface area (Å²) < 4.78 is 42.4. The summed E-state index contributed by atoms with van der Waals surface area (Å²) in [6.07, 6.45) is -6.53. The fourth-order valence-corrected chi connectivity index (χ4v) is 1.73. The standard InChI is InChI=1S/C13H12F3N3O2/c1-7(13(14,15)16)21-11-6-9(12(17)19-20)8-4-2-3-5-10(8)18-11/h2-7,20H,1H3,(H2,17,19). The largest absolute Gasteiger partial charge is 0.465 e. The first-order valence-corrected chi connectivity index (χ1v) is 5.94. The van der Waals surface area contributed by atoms with E-state index < -0.39 is 12.3 Å². The Bertz CT molecular complexity index is 686. The van der Waals surface area contributed by atoms with Gasteiger partial charge in [-0.15, -0.1) is 0 Å². The van der Waals surface area contributed by atoms with Crippen molar-refractivity contribution >= 4 is 16.7 Å². The average Bonchev–Trinajstić information content (AvgIpc) is 2.44. The van der Waals surface area contributed by atoms with Crippen molar-refractivity contribution in [2.45, 2.75) is 19.2 Å². The normalized spacial score (nSPS) is 14.2. The summed E-state index contributed by atoms with van der Waals surface area (Å²) in [4.78, 5) is 3.99. The van der Waals surface area contributed by atoms with Crippen LogP contribution in [0, 0.1) is 0 Å². The fourth-order valence-electron chi connectivity index (χ4n) is 1.73. The molecule has 1 heterocycles. The van der Waals surface area contributed by atoms with E-state index in [0.29, 0.717) is 10.9 Å². The van der Waals surface area contributed by atoms with Crippen molar-refractivity contribution in [3.05, 3.63) is 35.9 Å². The lowest BCUT2D eigenvalue weighted by molar-refractivity contribution is -0.189. The van der Waals surface area contributed by atoms with Gasteiger partial charge in [-0.1, -0.05) is 23.4 Å². The molecule has 0 saturated carbocycles. The van der Waals surface area contributed by atoms with Crippen LogP contribution in [0.5, 0.6) is 5.88 Å². The molecule has 0 saturated heterocycles. The molecule has 8 heteroatoms. The third kappa shape index (κ3) is 3.15. The molecule has 3 N–H and O–H groups in total. The van der Waals surface area contributed by atoms with Crippen molar-refractivity contribution in [2.24, 2.45) is 10.9 Å². The summed E-state index contributed by atoms with van der Waals surface area (Å²) in [5.41, 5.74) is 6.16. The zero-order valence-corrected chi connectivity index (χ0v) is 10.9. The van der Waals surface area contributed by atoms with Crippen LogP contribution in [0.15, 0.2) is 35.5 Å². The molecule has 1 atom stereocenters. The van der Waals surface area contributed by atoms with Crippen LogP contribution in [-0.4, -0.2) is 28.3 Å². The number of hydrogen-bond donors (Lipinski definition) is 2. The molecule has 0 fully saturated rings. The molecular weight excluding hydrogens is 287 g/mol. The number of alkyl halides is 3. The minimum Gasteiger partial charge on any atom is -0.465 e. The lowest BCUT2D eigenvalue weighted by atomic mass is 10.1. The molecule has 0 radical (unpaired) electrons. The monoisotopic (exact) mass is 299 g/mol. The molecule has 2 rings (SSSR count). The highest BCUT2D eigenvalue weighted by molar-refractivity contribution is 6.08. The van der Waals surface area contributed by atoms with Crippen LogP contribution >= 0.6 is 0 Å². The third-order valence-corrected chi connectivity index (χ3v) is 2.83. The topological polar surface area (TPSA) is 80.7 Å². The van der Waals surface area contributed by atoms with Gasteiger partial charge in [0.2, 0.25) is 5.88 Å². The van der Waals surface area contributed by atoms with Crippen LogP contribution in [0.25, 0.3) is 10.9 Å². The van der Waals surface area contributed by atoms with Gasteiger partial charge in [0.15, 0.2) is 11.9 Å². The summed E-state index contributed by atoms with van der Waals surface area (Å²) in [5.74, 6) is -0.488. The van der Waals surface area contributed by atoms with Crippen LogP contribution in [-0.2, 0) is 0 Å². The first kappa shape index (κ1) is 14.9. The maximum absolute atomic E-state index is 12.5. The maximum Gasteiger partial charge on any atom is 0.425 e. The molecule has 21 heavy (non-hydrogen) atoms. The number of oxime groups is 1. The Hall–Kier alpha value is -2.51. The van der Waals surface area contributed by atoms with E-state index in [2.05, 4.69) is 10.1 Å². The zero-order valence-electron chi connectivity index (χ0n) is 10.9. The minimum atomic E-state index is -4.51. The maximum atomic E-state index is 12.5. The lowest BCUT2D eigenvalue weighted by Crippen LogP contribution is -2.31. The van der Waals surface area contributed by atoms with E-state index in [4.69, 9.17) is 15.7 Å². The minimum absolute atomic E-state index is 0.238. The highest BCUT2D eigenvalue weighted by atomic mass is 19.4. The van der Waals surface area contributed by atoms with Gasteiger partial charge in [-0.2, -0.15) is 13.2 Å². The summed E-state index contributed by atoms with van der Waals surface area (Å²) in [6, 6.07) is 7.83. The quantitative estimate of drug-likeness (QED) is 0.395. The third-order valence-electron chi connectivity index (χ3n) is 2.83. The number of nitrogens with zero attached hydrogens (tertiary/aromatic N) is 2. The number of amidine groups is 1. The summed E-state index contributed by atoms with van der Waals surface area (Å²) in [7, 11) is 0. The predicted octanol–water partition coefficient (Wildman–Crippen LogP) is 2.66. The van der Waals surface area contributed by atoms with Crippen LogP contribution in [0.3, 0.4) is 0 Å². The first-order valence-electron chi connectivity index (χ1n) is 5.94. The van der Waals surface area contributed by atoms with Gasteiger partial charge in [0.05, 0.1) is 5.52 Å². The van der Waals surface area contributed by atoms with Crippen LogP contribution < -0.4 is 10.5 Å². The number of pyridine rings is 1. The van der Waals surface area contributed by atoms with Gasteiger partial charge in [-0.25, -0.2) is 4.98 Å². The van der Waals surface area contributed by atoms with E-state index >= 15 is 0 Å². The Morgan fingerprint density at radius 2 is 2.05 bits per heavy atom. The van der Waals surface area contributed by atoms with Crippen molar-refractivity contribution in [2.75, 3.05) is 0 Å². The zero-order chi connectivity index (χ0) is 15.6. The van der Waals surface area contributed by atoms with Crippen molar-refractivity contribution in [1.82, 2.24) is 4.98 Å². The van der Waals surface area contributed by atoms with E-state index in [-0.39, 0.29) is 17.3 Å². The van der Waals surface area contributed by atoms with E-state index in [1.807, 2.05) is 0 Å². The molecule has 0 aliphatic heterocycles. The summed E-state index contributed by atoms with van der Waals surface area (Å²) >= 11 is 0. The number of hydrogen-bond acceptors (Lipinski definition) is 4. The number of aromatic nitrogens is 1. The molecule has 0 aliphatic rings. The van der Waals surface area contributed by atoms with E-state index in [1.165, 1.54) is 6.07 Å². The van der Waals surface area contributed by atoms with Crippen LogP contribution in [0.4, 0.5) is 13.2 Å². The van der Waals surface area contributed by atoms with Crippen LogP contribution in [0.2, 0.25) is 0 Å². The molecule has 0 aliphatic carbocycles. The molecule has 0 bridgehead atoms. The average molecular weight is 299 g/mol. The van der Waals surface area contributed by atoms with Gasteiger partial charge in [-0.3, -0.25) is 0 Å². The van der Waals surface area contributed by atoms with Crippen molar-refractivity contribution in [3.63, 3.8) is 0 Å². The number of para-hydroxylation sites is 1. The second-order valence-electron chi connectivity index (χ2n) is 4.31. The molecule has 112 valence electrons. The number of ether oxygens (including phenoxy) is 1. The van der Waals surface area contributed by atoms with Crippen LogP contribution in [0.1, 0.15) is 12.5 Å². The number of benzene rings is 1. The van der Waals surface area contributed by atoms with E-state index in [9.17, 15) is 13.2 Å². The number of halogens is 3. The number of rotatable bonds is 3. The summed E-state index contributed by atoms with van der Waals surface area (Å²) in [5, 5.41) is 12.2. The molecule has 1 unspecified atom stereocenters. The number of fused-ring (bicyclic) bond motifs is 1. The van der Waals surface area contributed by atoms with Gasteiger partial charge in [0.25, 0.3) is 0 Å². The lowest BCUT2D eigenvalue weighted by Gasteiger charge is -2.17. The highest BCUT2D eigenvalue weighted by Gasteiger charge is 2.38. The second-order valence-corrected chi connectivity index (χ2v) is 4.31. The van der Waals surface area contributed by atoms with Crippen molar-refractivity contribution in [3.8, 4) is 5.88 Å². The van der Waals surface area contributed by atoms with Crippen molar-refractivity contribution in [1.29, 1.82) is 0 Å². The first-order chi connectivity index (χ1) is 9.82. The SMILES string of the molecule is CC(Oc1cc(C(N)=NO)c2ccccc2n1)C(F)(F)F. The molecule has 1 aromatic heterocycles. The Morgan fingerprint density at radius 1 is 1.38 bits per heavy atom. The Morgan fingerprint density at radius 3 is 2.67 bits per heavy atom. The Kier molecular flexibility index (Phi) is 3.88. The fraction of sp³-hybridized carbons (Fsp3) is 0.231. The number of nitrogens with two attached hydrogens (primary N) is 1. The highest BCUT2D eigenvalue weighted by Crippen LogP contribution is 2.27. The van der Waals surface area contributed by atoms with Gasteiger partial charge in [0.1, 0.15) is 0 Å². The smallest absolute Gasteiger partial charge is 0.425 e. The second kappa shape index (κ2) is 5.47.